The Morgan fingerprint density at radius 1 is 1.33 bits per heavy atom. The Morgan fingerprint density at radius 3 is 2.54 bits per heavy atom. The Labute approximate surface area is 144 Å². The molecule has 0 heterocycles. The number of hydrogen-bond acceptors (Lipinski definition) is 5. The number of nitrogens with one attached hydrogen (secondary N) is 1. The van der Waals surface area contributed by atoms with Gasteiger partial charge in [-0.05, 0) is 31.0 Å². The Kier molecular flexibility index (Phi) is 5.71. The summed E-state index contributed by atoms with van der Waals surface area (Å²) in [4.78, 5) is 23.3. The fourth-order valence-corrected chi connectivity index (χ4v) is 2.92. The van der Waals surface area contributed by atoms with E-state index in [1.54, 1.807) is 6.07 Å². The highest BCUT2D eigenvalue weighted by Crippen LogP contribution is 2.36. The predicted molar refractivity (Wildman–Crippen MR) is 89.1 cm³/mol. The molecule has 0 radical (unpaired) electrons. The molecule has 1 saturated carbocycles. The summed E-state index contributed by atoms with van der Waals surface area (Å²) in [6.07, 6.45) is 2.08. The lowest BCUT2D eigenvalue weighted by Gasteiger charge is -2.32. The second kappa shape index (κ2) is 7.40. The first kappa shape index (κ1) is 18.5. The Bertz CT molecular complexity index is 748. The van der Waals surface area contributed by atoms with E-state index in [-0.39, 0.29) is 23.8 Å². The first-order chi connectivity index (χ1) is 11.2. The van der Waals surface area contributed by atoms with Crippen molar-refractivity contribution >= 4 is 39.0 Å². The third-order valence-electron chi connectivity index (χ3n) is 3.84. The van der Waals surface area contributed by atoms with E-state index in [0.29, 0.717) is 17.9 Å². The van der Waals surface area contributed by atoms with Gasteiger partial charge in [-0.25, -0.2) is 8.42 Å². The van der Waals surface area contributed by atoms with Gasteiger partial charge in [0.15, 0.2) is 9.84 Å². The minimum absolute atomic E-state index is 0.0650. The van der Waals surface area contributed by atoms with E-state index < -0.39 is 33.5 Å². The maximum atomic E-state index is 12.2. The first-order valence-electron chi connectivity index (χ1n) is 7.31. The van der Waals surface area contributed by atoms with Gasteiger partial charge in [0.25, 0.3) is 0 Å². The topological polar surface area (TPSA) is 110 Å². The molecule has 0 bridgehead atoms. The fraction of sp³-hybridized carbons (Fsp3) is 0.467. The molecule has 1 aromatic rings. The van der Waals surface area contributed by atoms with Crippen LogP contribution in [0.3, 0.4) is 0 Å². The summed E-state index contributed by atoms with van der Waals surface area (Å²) in [5, 5.41) is 12.0. The van der Waals surface area contributed by atoms with E-state index in [4.69, 9.17) is 21.4 Å². The van der Waals surface area contributed by atoms with Crippen LogP contribution in [-0.4, -0.2) is 44.0 Å². The molecule has 0 spiro atoms. The number of amides is 1. The molecule has 2 unspecified atom stereocenters. The second-order valence-electron chi connectivity index (χ2n) is 5.74. The van der Waals surface area contributed by atoms with E-state index in [1.807, 2.05) is 0 Å². The minimum Gasteiger partial charge on any atom is -0.490 e. The van der Waals surface area contributed by atoms with Gasteiger partial charge in [-0.3, -0.25) is 9.59 Å². The maximum absolute atomic E-state index is 12.2. The van der Waals surface area contributed by atoms with E-state index in [9.17, 15) is 18.0 Å². The second-order valence-corrected chi connectivity index (χ2v) is 8.43. The Morgan fingerprint density at radius 2 is 2.00 bits per heavy atom. The largest absolute Gasteiger partial charge is 0.490 e. The molecule has 1 aliphatic carbocycles. The number of aliphatic carboxylic acids is 1. The number of ether oxygens (including phenoxy) is 1. The van der Waals surface area contributed by atoms with Crippen LogP contribution in [0.25, 0.3) is 0 Å². The van der Waals surface area contributed by atoms with Gasteiger partial charge in [0.05, 0.1) is 23.3 Å². The van der Waals surface area contributed by atoms with Crippen molar-refractivity contribution in [1.82, 2.24) is 0 Å². The molecule has 1 fully saturated rings. The highest BCUT2D eigenvalue weighted by Gasteiger charge is 2.41. The van der Waals surface area contributed by atoms with Crippen molar-refractivity contribution in [3.05, 3.63) is 23.2 Å². The molecule has 0 aromatic heterocycles. The van der Waals surface area contributed by atoms with Crippen molar-refractivity contribution in [3.8, 4) is 5.75 Å². The van der Waals surface area contributed by atoms with Crippen LogP contribution in [0.5, 0.6) is 5.75 Å². The number of carboxylic acids is 1. The molecule has 2 rings (SSSR count). The van der Waals surface area contributed by atoms with Crippen molar-refractivity contribution in [2.45, 2.75) is 12.8 Å². The van der Waals surface area contributed by atoms with Gasteiger partial charge in [0.1, 0.15) is 12.4 Å². The minimum atomic E-state index is -3.17. The number of halogens is 1. The Hall–Kier alpha value is -1.80. The van der Waals surface area contributed by atoms with Crippen LogP contribution >= 0.6 is 11.6 Å². The highest BCUT2D eigenvalue weighted by molar-refractivity contribution is 7.90. The lowest BCUT2D eigenvalue weighted by Crippen LogP contribution is -2.41. The Balaban J connectivity index is 2.07. The van der Waals surface area contributed by atoms with E-state index in [2.05, 4.69) is 5.32 Å². The summed E-state index contributed by atoms with van der Waals surface area (Å²) in [6.45, 7) is -0.0650. The van der Waals surface area contributed by atoms with Gasteiger partial charge in [0, 0.05) is 11.3 Å². The quantitative estimate of drug-likeness (QED) is 0.752. The van der Waals surface area contributed by atoms with Crippen molar-refractivity contribution < 1.29 is 27.9 Å². The normalized spacial score (nSPS) is 20.1. The zero-order valence-corrected chi connectivity index (χ0v) is 14.6. The van der Waals surface area contributed by atoms with Crippen molar-refractivity contribution in [3.63, 3.8) is 0 Å². The van der Waals surface area contributed by atoms with Crippen LogP contribution < -0.4 is 10.1 Å². The molecule has 0 aliphatic heterocycles. The smallest absolute Gasteiger partial charge is 0.307 e. The summed E-state index contributed by atoms with van der Waals surface area (Å²) in [6, 6.07) is 4.55. The van der Waals surface area contributed by atoms with Gasteiger partial charge < -0.3 is 15.2 Å². The van der Waals surface area contributed by atoms with Gasteiger partial charge >= 0.3 is 5.97 Å². The number of sulfone groups is 1. The molecule has 1 amide bonds. The third-order valence-corrected chi connectivity index (χ3v) is 4.98. The lowest BCUT2D eigenvalue weighted by atomic mass is 9.73. The number of hydrogen-bond donors (Lipinski definition) is 2. The molecule has 1 aromatic carbocycles. The SMILES string of the molecule is CS(=O)(=O)CCOc1ccc(Cl)cc1NC(=O)C1CCC1C(=O)O. The maximum Gasteiger partial charge on any atom is 0.307 e. The molecule has 132 valence electrons. The van der Waals surface area contributed by atoms with E-state index in [1.165, 1.54) is 12.1 Å². The molecule has 9 heteroatoms. The number of rotatable bonds is 7. The summed E-state index contributed by atoms with van der Waals surface area (Å²) >= 11 is 5.92. The van der Waals surface area contributed by atoms with Gasteiger partial charge in [-0.15, -0.1) is 0 Å². The zero-order chi connectivity index (χ0) is 17.9. The van der Waals surface area contributed by atoms with Crippen LogP contribution in [0.2, 0.25) is 5.02 Å². The molecule has 2 N–H and O–H groups in total. The molecular formula is C15H18ClNO6S. The van der Waals surface area contributed by atoms with Crippen LogP contribution in [-0.2, 0) is 19.4 Å². The predicted octanol–water partition coefficient (Wildman–Crippen LogP) is 1.81. The molecular weight excluding hydrogens is 358 g/mol. The van der Waals surface area contributed by atoms with Crippen LogP contribution in [0.1, 0.15) is 12.8 Å². The summed E-state index contributed by atoms with van der Waals surface area (Å²) in [5.74, 6) is -2.56. The number of anilines is 1. The van der Waals surface area contributed by atoms with Crippen LogP contribution in [0.15, 0.2) is 18.2 Å². The van der Waals surface area contributed by atoms with Gasteiger partial charge in [0.2, 0.25) is 5.91 Å². The first-order valence-corrected chi connectivity index (χ1v) is 9.75. The molecule has 7 nitrogen and oxygen atoms in total. The van der Waals surface area contributed by atoms with Gasteiger partial charge in [-0.1, -0.05) is 11.6 Å². The standard InChI is InChI=1S/C15H18ClNO6S/c1-24(21,22)7-6-23-13-5-2-9(16)8-12(13)17-14(18)10-3-4-11(10)15(19)20/h2,5,8,10-11H,3-4,6-7H2,1H3,(H,17,18)(H,19,20). The zero-order valence-electron chi connectivity index (χ0n) is 13.0. The van der Waals surface area contributed by atoms with Crippen molar-refractivity contribution in [2.75, 3.05) is 23.9 Å². The van der Waals surface area contributed by atoms with Crippen LogP contribution in [0.4, 0.5) is 5.69 Å². The van der Waals surface area contributed by atoms with E-state index in [0.717, 1.165) is 6.26 Å². The summed E-state index contributed by atoms with van der Waals surface area (Å²) in [5.41, 5.74) is 0.289. The van der Waals surface area contributed by atoms with Gasteiger partial charge in [-0.2, -0.15) is 0 Å². The molecule has 2 atom stereocenters. The fourth-order valence-electron chi connectivity index (χ4n) is 2.36. The average Bonchev–Trinajstić information content (AvgIpc) is 2.37. The van der Waals surface area contributed by atoms with Crippen molar-refractivity contribution in [2.24, 2.45) is 11.8 Å². The average molecular weight is 376 g/mol. The molecule has 0 saturated heterocycles. The molecule has 1 aliphatic rings. The monoisotopic (exact) mass is 375 g/mol. The number of carbonyl (C=O) groups excluding carboxylic acids is 1. The van der Waals surface area contributed by atoms with E-state index >= 15 is 0 Å². The third kappa shape index (κ3) is 4.85. The summed E-state index contributed by atoms with van der Waals surface area (Å²) in [7, 11) is -3.17. The number of benzene rings is 1. The molecule has 24 heavy (non-hydrogen) atoms. The number of carboxylic acid groups (broad SMARTS) is 1. The van der Waals surface area contributed by atoms with Crippen LogP contribution in [0, 0.1) is 11.8 Å². The number of carbonyl (C=O) groups is 2. The van der Waals surface area contributed by atoms with Crippen molar-refractivity contribution in [1.29, 1.82) is 0 Å². The lowest BCUT2D eigenvalue weighted by molar-refractivity contribution is -0.151. The summed E-state index contributed by atoms with van der Waals surface area (Å²) < 4.78 is 27.7. The highest BCUT2D eigenvalue weighted by atomic mass is 35.5.